The van der Waals surface area contributed by atoms with Gasteiger partial charge in [0, 0.05) is 53.6 Å². The molecular formula is C56H66N4O19. The molecule has 1 heterocycles. The monoisotopic (exact) mass is 1100 g/mol. The van der Waals surface area contributed by atoms with E-state index >= 15 is 0 Å². The first kappa shape index (κ1) is 59.8. The van der Waals surface area contributed by atoms with Crippen LogP contribution in [0.15, 0.2) is 94.5 Å². The zero-order valence-electron chi connectivity index (χ0n) is 45.7. The summed E-state index contributed by atoms with van der Waals surface area (Å²) in [7, 11) is 10.3. The molecule has 0 radical (unpaired) electrons. The van der Waals surface area contributed by atoms with Gasteiger partial charge in [-0.1, -0.05) is 18.7 Å². The van der Waals surface area contributed by atoms with Crippen molar-refractivity contribution in [1.82, 2.24) is 0 Å². The zero-order valence-corrected chi connectivity index (χ0v) is 45.7. The molecule has 0 bridgehead atoms. The van der Waals surface area contributed by atoms with E-state index in [1.54, 1.807) is 48.5 Å². The molecule has 2 aliphatic carbocycles. The summed E-state index contributed by atoms with van der Waals surface area (Å²) in [6, 6.07) is 20.8. The van der Waals surface area contributed by atoms with Gasteiger partial charge in [0.1, 0.15) is 62.2 Å². The van der Waals surface area contributed by atoms with Crippen LogP contribution in [0.5, 0.6) is 11.5 Å². The maximum Gasteiger partial charge on any atom is 0.325 e. The molecule has 0 aromatic heterocycles. The summed E-state index contributed by atoms with van der Waals surface area (Å²) in [6.45, 7) is 4.54. The number of carbonyl (C=O) groups excluding carboxylic acids is 6. The highest BCUT2D eigenvalue weighted by Crippen LogP contribution is 2.48. The molecule has 79 heavy (non-hydrogen) atoms. The molecule has 0 saturated heterocycles. The number of esters is 6. The van der Waals surface area contributed by atoms with Crippen LogP contribution in [0.25, 0.3) is 33.4 Å². The van der Waals surface area contributed by atoms with Crippen molar-refractivity contribution in [2.75, 3.05) is 118 Å². The Bertz CT molecular complexity index is 2990. The van der Waals surface area contributed by atoms with E-state index in [-0.39, 0.29) is 76.7 Å². The number of anilines is 3. The maximum atomic E-state index is 12.9. The van der Waals surface area contributed by atoms with E-state index in [1.807, 2.05) is 36.1 Å². The van der Waals surface area contributed by atoms with E-state index in [0.717, 1.165) is 5.56 Å². The summed E-state index contributed by atoms with van der Waals surface area (Å²) < 4.78 is 49.4. The molecule has 3 aromatic rings. The number of ether oxygens (including phenoxy) is 8. The van der Waals surface area contributed by atoms with Gasteiger partial charge in [-0.15, -0.1) is 0 Å². The van der Waals surface area contributed by atoms with Crippen molar-refractivity contribution in [3.63, 3.8) is 0 Å². The van der Waals surface area contributed by atoms with Crippen molar-refractivity contribution >= 4 is 63.8 Å². The fraction of sp³-hybridized carbons (Fsp3) is 0.411. The number of fused-ring (bicyclic) bond motifs is 2. The highest BCUT2D eigenvalue weighted by molar-refractivity contribution is 6.03. The fourth-order valence-corrected chi connectivity index (χ4v) is 8.65. The summed E-state index contributed by atoms with van der Waals surface area (Å²) in [6.07, 6.45) is 1.33. The van der Waals surface area contributed by atoms with Crippen LogP contribution in [0.4, 0.5) is 17.1 Å². The quantitative estimate of drug-likeness (QED) is 0.00744. The molecule has 23 heteroatoms. The van der Waals surface area contributed by atoms with E-state index < -0.39 is 47.6 Å². The first-order valence-corrected chi connectivity index (χ1v) is 24.9. The van der Waals surface area contributed by atoms with Gasteiger partial charge >= 0.3 is 35.8 Å². The van der Waals surface area contributed by atoms with Crippen molar-refractivity contribution in [2.24, 2.45) is 4.99 Å². The molecule has 1 unspecified atom stereocenters. The first-order chi connectivity index (χ1) is 38.0. The molecule has 424 valence electrons. The molecular weight excluding hydrogens is 1030 g/mol. The molecule has 0 spiro atoms. The van der Waals surface area contributed by atoms with Crippen LogP contribution < -0.4 is 29.5 Å². The number of methoxy groups -OCH3 is 6. The zero-order chi connectivity index (χ0) is 57.2. The van der Waals surface area contributed by atoms with Gasteiger partial charge in [-0.25, -0.2) is 9.78 Å². The lowest BCUT2D eigenvalue weighted by Crippen LogP contribution is -2.41. The van der Waals surface area contributed by atoms with Crippen LogP contribution in [0, 0.1) is 6.92 Å². The van der Waals surface area contributed by atoms with Gasteiger partial charge < -0.3 is 61.9 Å². The largest absolute Gasteiger partial charge is 0.488 e. The normalized spacial score (nSPS) is 12.9. The van der Waals surface area contributed by atoms with Crippen LogP contribution in [-0.4, -0.2) is 150 Å². The Morgan fingerprint density at radius 1 is 0.633 bits per heavy atom. The Morgan fingerprint density at radius 3 is 1.75 bits per heavy atom. The highest BCUT2D eigenvalue weighted by Gasteiger charge is 2.52. The minimum Gasteiger partial charge on any atom is -0.488 e. The summed E-state index contributed by atoms with van der Waals surface area (Å²) >= 11 is 0. The van der Waals surface area contributed by atoms with Gasteiger partial charge in [0.15, 0.2) is 11.5 Å². The summed E-state index contributed by atoms with van der Waals surface area (Å²) in [4.78, 5) is 107. The summed E-state index contributed by atoms with van der Waals surface area (Å²) in [5.41, 5.74) is 3.63. The predicted molar refractivity (Wildman–Crippen MR) is 285 cm³/mol. The van der Waals surface area contributed by atoms with E-state index in [1.165, 1.54) is 66.7 Å². The Morgan fingerprint density at radius 2 is 1.20 bits per heavy atom. The predicted octanol–water partition coefficient (Wildman–Crippen LogP) is 6.03. The molecule has 3 aromatic carbocycles. The molecule has 1 atom stereocenters. The molecule has 1 fully saturated rings. The van der Waals surface area contributed by atoms with Gasteiger partial charge in [0.05, 0.1) is 92.6 Å². The minimum atomic E-state index is -0.870. The lowest BCUT2D eigenvalue weighted by Gasteiger charge is -2.32. The van der Waals surface area contributed by atoms with Crippen molar-refractivity contribution in [3.8, 4) is 33.9 Å². The van der Waals surface area contributed by atoms with E-state index in [2.05, 4.69) is 6.58 Å². The third kappa shape index (κ3) is 15.9. The van der Waals surface area contributed by atoms with Gasteiger partial charge in [0.25, 0.3) is 0 Å². The molecule has 6 rings (SSSR count). The highest BCUT2D eigenvalue weighted by atomic mass is 17.2. The van der Waals surface area contributed by atoms with Crippen molar-refractivity contribution < 1.29 is 90.6 Å². The Hall–Kier alpha value is -8.41. The lowest BCUT2D eigenvalue weighted by atomic mass is 9.93. The molecule has 0 N–H and O–H groups in total. The molecule has 3 aliphatic rings. The summed E-state index contributed by atoms with van der Waals surface area (Å²) in [5.74, 6) is -2.26. The third-order valence-electron chi connectivity index (χ3n) is 12.6. The Balaban J connectivity index is 1.53. The van der Waals surface area contributed by atoms with Gasteiger partial charge in [0.2, 0.25) is 0 Å². The average molecular weight is 1100 g/mol. The fourth-order valence-electron chi connectivity index (χ4n) is 8.65. The Labute approximate surface area is 456 Å². The first-order valence-electron chi connectivity index (χ1n) is 24.9. The molecule has 1 aliphatic heterocycles. The number of hydrogen-bond acceptors (Lipinski definition) is 23. The van der Waals surface area contributed by atoms with E-state index in [0.29, 0.717) is 74.4 Å². The van der Waals surface area contributed by atoms with Crippen LogP contribution in [0.2, 0.25) is 0 Å². The number of aryl methyl sites for hydroxylation is 1. The second-order valence-corrected chi connectivity index (χ2v) is 18.0. The Kier molecular flexibility index (Phi) is 21.4. The third-order valence-corrected chi connectivity index (χ3v) is 12.6. The van der Waals surface area contributed by atoms with Crippen LogP contribution >= 0.6 is 0 Å². The molecule has 23 nitrogen and oxygen atoms in total. The smallest absolute Gasteiger partial charge is 0.325 e. The number of benzene rings is 4. The summed E-state index contributed by atoms with van der Waals surface area (Å²) in [5, 5.41) is 1.08. The van der Waals surface area contributed by atoms with Gasteiger partial charge in [-0.2, -0.15) is 4.89 Å². The van der Waals surface area contributed by atoms with Crippen LogP contribution in [0.1, 0.15) is 37.7 Å². The molecule has 0 amide bonds. The minimum absolute atomic E-state index is 0.00662. The second kappa shape index (κ2) is 28.3. The SMILES string of the molecule is C=C(CN(c1ccc2c(-c3ccc(N(CC(=O)OC)CC(=O)OC)c(OCCOc4cc(C)ccc4N(CC(=O)OC)CC(=O)OC)c3)c3cc/c(=N\C(CCC(=O)OC)CC(=O)OC)cc-3oc2c1)C1(OOC)CC1)OOC. The van der Waals surface area contributed by atoms with Gasteiger partial charge in [-0.3, -0.25) is 33.8 Å². The lowest BCUT2D eigenvalue weighted by molar-refractivity contribution is -0.316. The van der Waals surface area contributed by atoms with Gasteiger partial charge in [-0.05, 0) is 73.0 Å². The number of hydrogen-bond donors (Lipinski definition) is 0. The van der Waals surface area contributed by atoms with Crippen molar-refractivity contribution in [2.45, 2.75) is 50.8 Å². The van der Waals surface area contributed by atoms with Crippen LogP contribution in [-0.2, 0) is 76.7 Å². The maximum absolute atomic E-state index is 12.9. The molecule has 1 saturated carbocycles. The van der Waals surface area contributed by atoms with E-state index in [4.69, 9.17) is 66.9 Å². The number of rotatable bonds is 30. The van der Waals surface area contributed by atoms with Crippen molar-refractivity contribution in [1.29, 1.82) is 0 Å². The standard InChI is InChI=1S/C56H66N4O19/c1-35-11-18-43(58(31-51(63)69-5)32-52(64)70-6)47(25-35)75-23-24-76-48-26-37(12-19-44(48)59(33-53(65)71-7)34-54(66)72-8)55-41-16-13-38(57-39(28-50(62)68-4)14-20-49(61)67-3)27-45(41)77-46-29-40(15-17-42(46)55)60(30-36(2)78-73-9)56(21-22-56)79-74-10/h11-13,15-19,25-27,29,39H,2,14,20-24,28,30-34H2,1,3-10H3/b57-38+. The van der Waals surface area contributed by atoms with Crippen LogP contribution in [0.3, 0.4) is 0 Å². The average Bonchev–Trinajstić information content (AvgIpc) is 4.24. The van der Waals surface area contributed by atoms with E-state index in [9.17, 15) is 28.8 Å². The topological polar surface area (TPSA) is 248 Å². The number of nitrogens with zero attached hydrogens (tertiary/aromatic N) is 4. The second-order valence-electron chi connectivity index (χ2n) is 18.0. The van der Waals surface area contributed by atoms with Crippen molar-refractivity contribution in [3.05, 3.63) is 96.1 Å². The number of carbonyl (C=O) groups is 6.